The lowest BCUT2D eigenvalue weighted by atomic mass is 9.99. The number of hydrogen-bond donors (Lipinski definition) is 1. The molecular formula is C16H17ClFNO. The molecule has 0 aromatic heterocycles. The van der Waals surface area contributed by atoms with Crippen LogP contribution in [0.2, 0.25) is 5.02 Å². The summed E-state index contributed by atoms with van der Waals surface area (Å²) in [6.07, 6.45) is 1.08. The number of methoxy groups -OCH3 is 1. The normalized spacial score (nSPS) is 12.2. The minimum absolute atomic E-state index is 0.183. The summed E-state index contributed by atoms with van der Waals surface area (Å²) in [6, 6.07) is 12.2. The number of ether oxygens (including phenoxy) is 1. The second kappa shape index (κ2) is 6.73. The highest BCUT2D eigenvalue weighted by atomic mass is 35.5. The van der Waals surface area contributed by atoms with Gasteiger partial charge < -0.3 is 10.5 Å². The Kier molecular flexibility index (Phi) is 4.99. The van der Waals surface area contributed by atoms with Gasteiger partial charge in [0.05, 0.1) is 7.11 Å². The van der Waals surface area contributed by atoms with Crippen LogP contribution in [0.5, 0.6) is 5.75 Å². The topological polar surface area (TPSA) is 35.2 Å². The van der Waals surface area contributed by atoms with Crippen molar-refractivity contribution in [3.05, 3.63) is 64.4 Å². The highest BCUT2D eigenvalue weighted by Crippen LogP contribution is 2.21. The van der Waals surface area contributed by atoms with Crippen LogP contribution in [0.4, 0.5) is 4.39 Å². The minimum atomic E-state index is -0.303. The quantitative estimate of drug-likeness (QED) is 0.914. The van der Waals surface area contributed by atoms with Gasteiger partial charge in [-0.1, -0.05) is 29.8 Å². The molecule has 2 aromatic rings. The Balaban J connectivity index is 2.03. The maximum absolute atomic E-state index is 13.7. The summed E-state index contributed by atoms with van der Waals surface area (Å²) in [5, 5.41) is 0.426. The second-order valence-electron chi connectivity index (χ2n) is 4.72. The number of benzene rings is 2. The van der Waals surface area contributed by atoms with Crippen molar-refractivity contribution in [1.29, 1.82) is 0 Å². The molecule has 1 atom stereocenters. The summed E-state index contributed by atoms with van der Waals surface area (Å²) >= 11 is 6.00. The van der Waals surface area contributed by atoms with E-state index in [4.69, 9.17) is 22.1 Å². The lowest BCUT2D eigenvalue weighted by molar-refractivity contribution is 0.414. The highest BCUT2D eigenvalue weighted by molar-refractivity contribution is 6.31. The summed E-state index contributed by atoms with van der Waals surface area (Å²) in [6.45, 7) is 0. The molecule has 0 aliphatic heterocycles. The van der Waals surface area contributed by atoms with E-state index in [1.807, 2.05) is 24.3 Å². The fourth-order valence-electron chi connectivity index (χ4n) is 2.13. The summed E-state index contributed by atoms with van der Waals surface area (Å²) in [7, 11) is 1.63. The van der Waals surface area contributed by atoms with Crippen LogP contribution in [0.15, 0.2) is 42.5 Å². The lowest BCUT2D eigenvalue weighted by Gasteiger charge is -2.14. The van der Waals surface area contributed by atoms with Crippen molar-refractivity contribution in [3.63, 3.8) is 0 Å². The molecule has 0 spiro atoms. The molecule has 2 aromatic carbocycles. The first-order valence-electron chi connectivity index (χ1n) is 6.41. The van der Waals surface area contributed by atoms with Crippen LogP contribution < -0.4 is 10.5 Å². The van der Waals surface area contributed by atoms with Crippen LogP contribution in [-0.2, 0) is 12.8 Å². The van der Waals surface area contributed by atoms with Gasteiger partial charge in [0.15, 0.2) is 0 Å². The molecule has 20 heavy (non-hydrogen) atoms. The molecule has 0 bridgehead atoms. The standard InChI is InChI=1S/C16H17ClFNO/c1-20-13-7-5-11(6-8-13)9-12(19)10-14-15(17)3-2-4-16(14)18/h2-8,12H,9-10,19H2,1H3. The zero-order valence-electron chi connectivity index (χ0n) is 11.3. The van der Waals surface area contributed by atoms with Crippen molar-refractivity contribution in [2.24, 2.45) is 5.73 Å². The van der Waals surface area contributed by atoms with E-state index < -0.39 is 0 Å². The van der Waals surface area contributed by atoms with Crippen LogP contribution in [0.25, 0.3) is 0 Å². The monoisotopic (exact) mass is 293 g/mol. The number of rotatable bonds is 5. The van der Waals surface area contributed by atoms with E-state index in [0.29, 0.717) is 23.4 Å². The molecule has 0 aliphatic rings. The Bertz CT molecular complexity index is 551. The molecular weight excluding hydrogens is 277 g/mol. The van der Waals surface area contributed by atoms with Crippen LogP contribution in [0, 0.1) is 5.82 Å². The number of hydrogen-bond acceptors (Lipinski definition) is 2. The zero-order valence-corrected chi connectivity index (χ0v) is 12.0. The SMILES string of the molecule is COc1ccc(CC(N)Cc2c(F)cccc2Cl)cc1. The Morgan fingerprint density at radius 3 is 2.45 bits per heavy atom. The second-order valence-corrected chi connectivity index (χ2v) is 5.12. The summed E-state index contributed by atoms with van der Waals surface area (Å²) in [5.41, 5.74) is 7.66. The summed E-state index contributed by atoms with van der Waals surface area (Å²) in [5.74, 6) is 0.502. The molecule has 4 heteroatoms. The van der Waals surface area contributed by atoms with E-state index in [0.717, 1.165) is 11.3 Å². The summed E-state index contributed by atoms with van der Waals surface area (Å²) in [4.78, 5) is 0. The highest BCUT2D eigenvalue weighted by Gasteiger charge is 2.12. The van der Waals surface area contributed by atoms with Crippen molar-refractivity contribution in [2.45, 2.75) is 18.9 Å². The van der Waals surface area contributed by atoms with Gasteiger partial charge in [0.2, 0.25) is 0 Å². The largest absolute Gasteiger partial charge is 0.497 e. The first kappa shape index (κ1) is 14.8. The van der Waals surface area contributed by atoms with Gasteiger partial charge in [-0.25, -0.2) is 4.39 Å². The molecule has 106 valence electrons. The average molecular weight is 294 g/mol. The maximum Gasteiger partial charge on any atom is 0.127 e. The molecule has 0 aliphatic carbocycles. The van der Waals surface area contributed by atoms with Crippen molar-refractivity contribution in [1.82, 2.24) is 0 Å². The Hall–Kier alpha value is -1.58. The minimum Gasteiger partial charge on any atom is -0.497 e. The van der Waals surface area contributed by atoms with Crippen LogP contribution in [-0.4, -0.2) is 13.2 Å². The van der Waals surface area contributed by atoms with Gasteiger partial charge in [-0.2, -0.15) is 0 Å². The first-order chi connectivity index (χ1) is 9.60. The Morgan fingerprint density at radius 1 is 1.15 bits per heavy atom. The van der Waals surface area contributed by atoms with Gasteiger partial charge in [0.1, 0.15) is 11.6 Å². The van der Waals surface area contributed by atoms with Crippen molar-refractivity contribution in [2.75, 3.05) is 7.11 Å². The van der Waals surface area contributed by atoms with E-state index in [1.54, 1.807) is 19.2 Å². The van der Waals surface area contributed by atoms with Crippen molar-refractivity contribution in [3.8, 4) is 5.75 Å². The first-order valence-corrected chi connectivity index (χ1v) is 6.79. The third-order valence-corrected chi connectivity index (χ3v) is 3.54. The molecule has 0 fully saturated rings. The molecule has 2 rings (SSSR count). The van der Waals surface area contributed by atoms with Gasteiger partial charge >= 0.3 is 0 Å². The fourth-order valence-corrected chi connectivity index (χ4v) is 2.37. The molecule has 2 N–H and O–H groups in total. The van der Waals surface area contributed by atoms with Crippen LogP contribution in [0.3, 0.4) is 0 Å². The van der Waals surface area contributed by atoms with Gasteiger partial charge in [0, 0.05) is 16.6 Å². The predicted molar refractivity (Wildman–Crippen MR) is 79.8 cm³/mol. The molecule has 0 radical (unpaired) electrons. The van der Waals surface area contributed by atoms with Crippen LogP contribution >= 0.6 is 11.6 Å². The third-order valence-electron chi connectivity index (χ3n) is 3.18. The molecule has 0 amide bonds. The van der Waals surface area contributed by atoms with E-state index in [-0.39, 0.29) is 11.9 Å². The molecule has 1 unspecified atom stereocenters. The average Bonchev–Trinajstić information content (AvgIpc) is 2.44. The zero-order chi connectivity index (χ0) is 14.5. The van der Waals surface area contributed by atoms with Gasteiger partial charge in [0.25, 0.3) is 0 Å². The lowest BCUT2D eigenvalue weighted by Crippen LogP contribution is -2.26. The Labute approximate surface area is 123 Å². The maximum atomic E-state index is 13.7. The molecule has 0 saturated heterocycles. The smallest absolute Gasteiger partial charge is 0.127 e. The number of nitrogens with two attached hydrogens (primary N) is 1. The van der Waals surface area contributed by atoms with Crippen LogP contribution in [0.1, 0.15) is 11.1 Å². The van der Waals surface area contributed by atoms with Crippen molar-refractivity contribution >= 4 is 11.6 Å². The fraction of sp³-hybridized carbons (Fsp3) is 0.250. The molecule has 2 nitrogen and oxygen atoms in total. The van der Waals surface area contributed by atoms with E-state index >= 15 is 0 Å². The van der Waals surface area contributed by atoms with Gasteiger partial charge in [-0.05, 0) is 42.7 Å². The van der Waals surface area contributed by atoms with E-state index in [1.165, 1.54) is 6.07 Å². The van der Waals surface area contributed by atoms with Crippen molar-refractivity contribution < 1.29 is 9.13 Å². The Morgan fingerprint density at radius 2 is 1.85 bits per heavy atom. The summed E-state index contributed by atoms with van der Waals surface area (Å²) < 4.78 is 18.8. The molecule has 0 saturated carbocycles. The van der Waals surface area contributed by atoms with E-state index in [9.17, 15) is 4.39 Å². The molecule has 0 heterocycles. The van der Waals surface area contributed by atoms with Gasteiger partial charge in [-0.3, -0.25) is 0 Å². The number of halogens is 2. The van der Waals surface area contributed by atoms with E-state index in [2.05, 4.69) is 0 Å². The van der Waals surface area contributed by atoms with Gasteiger partial charge in [-0.15, -0.1) is 0 Å². The predicted octanol–water partition coefficient (Wildman–Crippen LogP) is 3.60. The third kappa shape index (κ3) is 3.71.